The summed E-state index contributed by atoms with van der Waals surface area (Å²) in [5, 5.41) is 1.20. The van der Waals surface area contributed by atoms with Gasteiger partial charge in [-0.05, 0) is 12.8 Å². The normalized spacial score (nSPS) is 17.8. The van der Waals surface area contributed by atoms with Crippen LogP contribution in [0.4, 0.5) is 0 Å². The zero-order valence-corrected chi connectivity index (χ0v) is 13.5. The van der Waals surface area contributed by atoms with Crippen LogP contribution in [0.25, 0.3) is 0 Å². The topological polar surface area (TPSA) is 20.3 Å². The fraction of sp³-hybridized carbons (Fsp3) is 0.294. The lowest BCUT2D eigenvalue weighted by atomic mass is 10.4. The summed E-state index contributed by atoms with van der Waals surface area (Å²) < 4.78 is 13.9. The molecule has 4 heteroatoms. The van der Waals surface area contributed by atoms with Crippen LogP contribution in [-0.2, 0) is 4.57 Å². The minimum absolute atomic E-state index is 0.468. The van der Waals surface area contributed by atoms with Crippen LogP contribution in [0.1, 0.15) is 12.8 Å². The molecule has 1 aliphatic heterocycles. The standard InChI is InChI=1S/C17H19ClNOP/c18-17(19-13-7-8-14-19)21(20,15-9-3-1-4-10-15)16-11-5-2-6-12-16/h1-6,9-12,17H,7-8,13-14H2. The number of rotatable bonds is 4. The highest BCUT2D eigenvalue weighted by Gasteiger charge is 2.39. The van der Waals surface area contributed by atoms with Crippen molar-refractivity contribution in [3.63, 3.8) is 0 Å². The van der Waals surface area contributed by atoms with Crippen molar-refractivity contribution in [1.29, 1.82) is 0 Å². The van der Waals surface area contributed by atoms with E-state index < -0.39 is 12.4 Å². The zero-order chi connectivity index (χ0) is 14.7. The monoisotopic (exact) mass is 319 g/mol. The minimum atomic E-state index is -2.87. The molecule has 0 amide bonds. The van der Waals surface area contributed by atoms with E-state index in [1.54, 1.807) is 0 Å². The number of likely N-dealkylation sites (tertiary alicyclic amines) is 1. The van der Waals surface area contributed by atoms with Crippen molar-refractivity contribution in [3.05, 3.63) is 60.7 Å². The Bertz CT molecular complexity index is 582. The molecular weight excluding hydrogens is 301 g/mol. The predicted molar refractivity (Wildman–Crippen MR) is 90.2 cm³/mol. The molecule has 110 valence electrons. The first kappa shape index (κ1) is 14.8. The highest BCUT2D eigenvalue weighted by molar-refractivity contribution is 7.80. The van der Waals surface area contributed by atoms with Gasteiger partial charge >= 0.3 is 0 Å². The maximum Gasteiger partial charge on any atom is 0.174 e. The third kappa shape index (κ3) is 2.81. The Morgan fingerprint density at radius 3 is 1.71 bits per heavy atom. The first-order chi connectivity index (χ1) is 10.2. The first-order valence-corrected chi connectivity index (χ1v) is 9.53. The van der Waals surface area contributed by atoms with Crippen LogP contribution < -0.4 is 10.6 Å². The van der Waals surface area contributed by atoms with Crippen molar-refractivity contribution < 1.29 is 4.57 Å². The van der Waals surface area contributed by atoms with Crippen LogP contribution >= 0.6 is 18.7 Å². The molecule has 1 heterocycles. The Labute approximate surface area is 131 Å². The fourth-order valence-corrected chi connectivity index (χ4v) is 6.46. The molecule has 0 radical (unpaired) electrons. The van der Waals surface area contributed by atoms with E-state index in [-0.39, 0.29) is 0 Å². The van der Waals surface area contributed by atoms with Gasteiger partial charge in [-0.15, -0.1) is 0 Å². The summed E-state index contributed by atoms with van der Waals surface area (Å²) in [6, 6.07) is 19.3. The molecular formula is C17H19ClNOP. The van der Waals surface area contributed by atoms with Crippen molar-refractivity contribution >= 4 is 29.4 Å². The molecule has 21 heavy (non-hydrogen) atoms. The Balaban J connectivity index is 2.09. The lowest BCUT2D eigenvalue weighted by Crippen LogP contribution is -2.35. The molecule has 1 saturated heterocycles. The van der Waals surface area contributed by atoms with Crippen molar-refractivity contribution in [2.75, 3.05) is 13.1 Å². The molecule has 1 unspecified atom stereocenters. The van der Waals surface area contributed by atoms with Crippen LogP contribution in [0.3, 0.4) is 0 Å². The van der Waals surface area contributed by atoms with Crippen LogP contribution in [0, 0.1) is 0 Å². The third-order valence-electron chi connectivity index (χ3n) is 4.02. The largest absolute Gasteiger partial charge is 0.311 e. The summed E-state index contributed by atoms with van der Waals surface area (Å²) >= 11 is 6.73. The maximum atomic E-state index is 13.9. The SMILES string of the molecule is O=P(c1ccccc1)(c1ccccc1)C(Cl)N1CCCC1. The van der Waals surface area contributed by atoms with Crippen LogP contribution in [0.5, 0.6) is 0 Å². The van der Waals surface area contributed by atoms with Gasteiger partial charge < -0.3 is 4.57 Å². The predicted octanol–water partition coefficient (Wildman–Crippen LogP) is 3.62. The molecule has 2 aromatic carbocycles. The molecule has 0 spiro atoms. The van der Waals surface area contributed by atoms with Crippen LogP contribution in [0.15, 0.2) is 60.7 Å². The summed E-state index contributed by atoms with van der Waals surface area (Å²) in [5.41, 5.74) is 0. The van der Waals surface area contributed by atoms with Crippen molar-refractivity contribution in [2.45, 2.75) is 18.1 Å². The summed E-state index contributed by atoms with van der Waals surface area (Å²) in [6.45, 7) is 1.86. The number of nitrogens with zero attached hydrogens (tertiary/aromatic N) is 1. The molecule has 0 aromatic heterocycles. The van der Waals surface area contributed by atoms with E-state index in [1.807, 2.05) is 60.7 Å². The fourth-order valence-electron chi connectivity index (χ4n) is 2.88. The van der Waals surface area contributed by atoms with Gasteiger partial charge in [0.15, 0.2) is 7.14 Å². The van der Waals surface area contributed by atoms with E-state index in [9.17, 15) is 4.57 Å². The smallest absolute Gasteiger partial charge is 0.174 e. The number of hydrogen-bond acceptors (Lipinski definition) is 2. The van der Waals surface area contributed by atoms with Crippen LogP contribution in [-0.4, -0.2) is 23.2 Å². The average molecular weight is 320 g/mol. The second-order valence-corrected chi connectivity index (χ2v) is 8.94. The third-order valence-corrected chi connectivity index (χ3v) is 8.18. The van der Waals surface area contributed by atoms with Crippen molar-refractivity contribution in [1.82, 2.24) is 4.90 Å². The van der Waals surface area contributed by atoms with Gasteiger partial charge in [-0.3, -0.25) is 4.90 Å². The van der Waals surface area contributed by atoms with Gasteiger partial charge in [0.05, 0.1) is 0 Å². The lowest BCUT2D eigenvalue weighted by molar-refractivity contribution is 0.364. The number of hydrogen-bond donors (Lipinski definition) is 0. The van der Waals surface area contributed by atoms with E-state index in [4.69, 9.17) is 11.6 Å². The molecule has 0 bridgehead atoms. The van der Waals surface area contributed by atoms with Gasteiger partial charge in [-0.1, -0.05) is 72.3 Å². The highest BCUT2D eigenvalue weighted by atomic mass is 35.5. The van der Waals surface area contributed by atoms with Gasteiger partial charge in [0.1, 0.15) is 5.24 Å². The maximum absolute atomic E-state index is 13.9. The quantitative estimate of drug-likeness (QED) is 0.487. The summed E-state index contributed by atoms with van der Waals surface area (Å²) in [4.78, 5) is 2.16. The average Bonchev–Trinajstić information content (AvgIpc) is 3.09. The highest BCUT2D eigenvalue weighted by Crippen LogP contribution is 2.52. The lowest BCUT2D eigenvalue weighted by Gasteiger charge is -2.30. The van der Waals surface area contributed by atoms with Gasteiger partial charge in [0.2, 0.25) is 0 Å². The summed E-state index contributed by atoms with van der Waals surface area (Å²) in [6.07, 6.45) is 2.26. The van der Waals surface area contributed by atoms with E-state index >= 15 is 0 Å². The van der Waals surface area contributed by atoms with E-state index in [0.717, 1.165) is 36.5 Å². The molecule has 0 N–H and O–H groups in total. The molecule has 1 fully saturated rings. The van der Waals surface area contributed by atoms with E-state index in [0.29, 0.717) is 0 Å². The van der Waals surface area contributed by atoms with E-state index in [2.05, 4.69) is 4.90 Å². The minimum Gasteiger partial charge on any atom is -0.311 e. The van der Waals surface area contributed by atoms with Gasteiger partial charge in [-0.25, -0.2) is 0 Å². The van der Waals surface area contributed by atoms with Crippen molar-refractivity contribution in [2.24, 2.45) is 0 Å². The summed E-state index contributed by atoms with van der Waals surface area (Å²) in [7, 11) is -2.87. The Morgan fingerprint density at radius 2 is 1.29 bits per heavy atom. The van der Waals surface area contributed by atoms with Crippen LogP contribution in [0.2, 0.25) is 0 Å². The molecule has 3 rings (SSSR count). The van der Waals surface area contributed by atoms with E-state index in [1.165, 1.54) is 0 Å². The Morgan fingerprint density at radius 1 is 0.857 bits per heavy atom. The molecule has 2 aromatic rings. The van der Waals surface area contributed by atoms with Gasteiger partial charge in [-0.2, -0.15) is 0 Å². The number of benzene rings is 2. The van der Waals surface area contributed by atoms with Crippen molar-refractivity contribution in [3.8, 4) is 0 Å². The zero-order valence-electron chi connectivity index (χ0n) is 11.9. The molecule has 0 aliphatic carbocycles. The van der Waals surface area contributed by atoms with Gasteiger partial charge in [0.25, 0.3) is 0 Å². The second kappa shape index (κ2) is 6.36. The first-order valence-electron chi connectivity index (χ1n) is 7.32. The second-order valence-electron chi connectivity index (χ2n) is 5.38. The molecule has 2 nitrogen and oxygen atoms in total. The molecule has 1 aliphatic rings. The van der Waals surface area contributed by atoms with Gasteiger partial charge in [0, 0.05) is 23.7 Å². The Kier molecular flexibility index (Phi) is 4.49. The Hall–Kier alpha value is -1.08. The number of halogens is 1. The number of alkyl halides is 1. The molecule has 1 atom stereocenters. The molecule has 0 saturated carbocycles. The summed E-state index contributed by atoms with van der Waals surface area (Å²) in [5.74, 6) is 0.